The Morgan fingerprint density at radius 3 is 2.74 bits per heavy atom. The maximum absolute atomic E-state index is 14.4. The Hall–Kier alpha value is -3.16. The minimum Gasteiger partial charge on any atom is -0.380 e. The lowest BCUT2D eigenvalue weighted by Crippen LogP contribution is -2.44. The zero-order valence-electron chi connectivity index (χ0n) is 15.2. The maximum Gasteiger partial charge on any atom is 0.321 e. The molecular formula is C19H21FN6O. The normalized spacial score (nSPS) is 13.7. The Labute approximate surface area is 156 Å². The zero-order valence-corrected chi connectivity index (χ0v) is 15.2. The molecule has 7 nitrogen and oxygen atoms in total. The molecule has 4 rings (SSSR count). The summed E-state index contributed by atoms with van der Waals surface area (Å²) in [5.74, 6) is 0.0783. The highest BCUT2D eigenvalue weighted by molar-refractivity contribution is 5.90. The van der Waals surface area contributed by atoms with E-state index in [4.69, 9.17) is 0 Å². The largest absolute Gasteiger partial charge is 0.380 e. The van der Waals surface area contributed by atoms with Gasteiger partial charge in [0, 0.05) is 42.8 Å². The summed E-state index contributed by atoms with van der Waals surface area (Å²) in [5, 5.41) is 6.08. The van der Waals surface area contributed by atoms with Crippen LogP contribution in [-0.4, -0.2) is 44.4 Å². The Bertz CT molecular complexity index is 995. The number of carbonyl (C=O) groups excluding carboxylic acids is 1. The highest BCUT2D eigenvalue weighted by Gasteiger charge is 2.20. The average molecular weight is 368 g/mol. The molecule has 2 aromatic heterocycles. The first-order valence-corrected chi connectivity index (χ1v) is 8.97. The summed E-state index contributed by atoms with van der Waals surface area (Å²) in [6.45, 7) is 5.59. The Balaban J connectivity index is 1.63. The fourth-order valence-electron chi connectivity index (χ4n) is 2.94. The van der Waals surface area contributed by atoms with Crippen molar-refractivity contribution in [1.82, 2.24) is 19.3 Å². The second kappa shape index (κ2) is 6.86. The van der Waals surface area contributed by atoms with Crippen molar-refractivity contribution in [2.45, 2.75) is 26.3 Å². The molecule has 0 bridgehead atoms. The fourth-order valence-corrected chi connectivity index (χ4v) is 2.94. The lowest BCUT2D eigenvalue weighted by atomic mass is 10.1. The number of hydrogen-bond donors (Lipinski definition) is 2. The van der Waals surface area contributed by atoms with Crippen molar-refractivity contribution >= 4 is 23.2 Å². The molecule has 1 saturated heterocycles. The van der Waals surface area contributed by atoms with E-state index in [9.17, 15) is 9.18 Å². The fraction of sp³-hybridized carbons (Fsp3) is 0.316. The van der Waals surface area contributed by atoms with Gasteiger partial charge in [0.25, 0.3) is 0 Å². The van der Waals surface area contributed by atoms with E-state index in [1.165, 1.54) is 6.07 Å². The molecule has 3 aromatic rings. The molecular weight excluding hydrogens is 347 g/mol. The van der Waals surface area contributed by atoms with E-state index in [1.54, 1.807) is 33.8 Å². The van der Waals surface area contributed by atoms with Crippen LogP contribution in [0.25, 0.3) is 17.0 Å². The van der Waals surface area contributed by atoms with Crippen molar-refractivity contribution < 1.29 is 9.18 Å². The summed E-state index contributed by atoms with van der Waals surface area (Å²) in [4.78, 5) is 22.5. The molecule has 1 aromatic carbocycles. The standard InChI is InChI=1S/C19H21FN6O/c1-12(2)22-14-9-21-18-24-17(11-26(18)10-14)15-8-13(4-5-16(15)20)23-19(27)25-6-3-7-25/h4-5,8-12,22H,3,6-7H2,1-2H3,(H,23,27). The van der Waals surface area contributed by atoms with E-state index in [0.29, 0.717) is 22.7 Å². The van der Waals surface area contributed by atoms with Crippen LogP contribution in [0.3, 0.4) is 0 Å². The summed E-state index contributed by atoms with van der Waals surface area (Å²) >= 11 is 0. The first-order chi connectivity index (χ1) is 13.0. The first kappa shape index (κ1) is 17.3. The number of likely N-dealkylation sites (tertiary alicyclic amines) is 1. The molecule has 0 unspecified atom stereocenters. The van der Waals surface area contributed by atoms with Gasteiger partial charge in [-0.15, -0.1) is 0 Å². The van der Waals surface area contributed by atoms with Crippen molar-refractivity contribution in [2.24, 2.45) is 0 Å². The zero-order chi connectivity index (χ0) is 19.0. The van der Waals surface area contributed by atoms with Crippen LogP contribution in [0.2, 0.25) is 0 Å². The molecule has 0 saturated carbocycles. The molecule has 2 amide bonds. The lowest BCUT2D eigenvalue weighted by Gasteiger charge is -2.30. The summed E-state index contributed by atoms with van der Waals surface area (Å²) in [6.07, 6.45) is 6.32. The molecule has 3 heterocycles. The van der Waals surface area contributed by atoms with E-state index >= 15 is 0 Å². The van der Waals surface area contributed by atoms with Crippen LogP contribution in [0.1, 0.15) is 20.3 Å². The Kier molecular flexibility index (Phi) is 4.39. The van der Waals surface area contributed by atoms with Crippen LogP contribution in [0.4, 0.5) is 20.6 Å². The maximum atomic E-state index is 14.4. The molecule has 2 N–H and O–H groups in total. The molecule has 27 heavy (non-hydrogen) atoms. The van der Waals surface area contributed by atoms with E-state index in [1.807, 2.05) is 20.0 Å². The van der Waals surface area contributed by atoms with Crippen molar-refractivity contribution in [2.75, 3.05) is 23.7 Å². The van der Waals surface area contributed by atoms with Gasteiger partial charge in [-0.2, -0.15) is 0 Å². The average Bonchev–Trinajstić information content (AvgIpc) is 2.97. The number of fused-ring (bicyclic) bond motifs is 1. The van der Waals surface area contributed by atoms with Crippen LogP contribution >= 0.6 is 0 Å². The summed E-state index contributed by atoms with van der Waals surface area (Å²) in [7, 11) is 0. The SMILES string of the molecule is CC(C)Nc1cnc2nc(-c3cc(NC(=O)N4CCC4)ccc3F)cn2c1. The van der Waals surface area contributed by atoms with Crippen LogP contribution in [-0.2, 0) is 0 Å². The van der Waals surface area contributed by atoms with Gasteiger partial charge in [-0.05, 0) is 38.5 Å². The topological polar surface area (TPSA) is 74.6 Å². The van der Waals surface area contributed by atoms with Gasteiger partial charge in [0.05, 0.1) is 17.6 Å². The molecule has 0 spiro atoms. The Morgan fingerprint density at radius 1 is 1.22 bits per heavy atom. The predicted molar refractivity (Wildman–Crippen MR) is 102 cm³/mol. The first-order valence-electron chi connectivity index (χ1n) is 8.97. The van der Waals surface area contributed by atoms with E-state index < -0.39 is 5.82 Å². The highest BCUT2D eigenvalue weighted by Crippen LogP contribution is 2.26. The van der Waals surface area contributed by atoms with Crippen molar-refractivity contribution in [1.29, 1.82) is 0 Å². The van der Waals surface area contributed by atoms with Gasteiger partial charge < -0.3 is 15.5 Å². The van der Waals surface area contributed by atoms with Gasteiger partial charge in [0.1, 0.15) is 5.82 Å². The number of rotatable bonds is 4. The third-order valence-corrected chi connectivity index (χ3v) is 4.40. The third kappa shape index (κ3) is 3.55. The number of urea groups is 1. The van der Waals surface area contributed by atoms with Gasteiger partial charge in [-0.3, -0.25) is 4.40 Å². The summed E-state index contributed by atoms with van der Waals surface area (Å²) < 4.78 is 16.2. The minimum absolute atomic E-state index is 0.167. The number of amides is 2. The number of imidazole rings is 1. The van der Waals surface area contributed by atoms with Crippen molar-refractivity contribution in [3.05, 3.63) is 42.6 Å². The van der Waals surface area contributed by atoms with Crippen LogP contribution < -0.4 is 10.6 Å². The number of anilines is 2. The molecule has 140 valence electrons. The molecule has 0 atom stereocenters. The second-order valence-corrected chi connectivity index (χ2v) is 6.94. The minimum atomic E-state index is -0.402. The third-order valence-electron chi connectivity index (χ3n) is 4.40. The predicted octanol–water partition coefficient (Wildman–Crippen LogP) is 3.59. The van der Waals surface area contributed by atoms with E-state index in [0.717, 1.165) is 25.2 Å². The number of nitrogens with one attached hydrogen (secondary N) is 2. The number of halogens is 1. The van der Waals surface area contributed by atoms with E-state index in [2.05, 4.69) is 20.6 Å². The van der Waals surface area contributed by atoms with Gasteiger partial charge in [-0.1, -0.05) is 0 Å². The smallest absolute Gasteiger partial charge is 0.321 e. The lowest BCUT2D eigenvalue weighted by molar-refractivity contribution is 0.181. The van der Waals surface area contributed by atoms with Crippen molar-refractivity contribution in [3.8, 4) is 11.3 Å². The molecule has 8 heteroatoms. The number of carbonyl (C=O) groups is 1. The number of nitrogens with zero attached hydrogens (tertiary/aromatic N) is 4. The monoisotopic (exact) mass is 368 g/mol. The quantitative estimate of drug-likeness (QED) is 0.738. The van der Waals surface area contributed by atoms with E-state index in [-0.39, 0.29) is 12.1 Å². The van der Waals surface area contributed by atoms with Gasteiger partial charge in [0.15, 0.2) is 0 Å². The number of benzene rings is 1. The van der Waals surface area contributed by atoms with Crippen molar-refractivity contribution in [3.63, 3.8) is 0 Å². The molecule has 0 aliphatic carbocycles. The Morgan fingerprint density at radius 2 is 2.04 bits per heavy atom. The van der Waals surface area contributed by atoms with Crippen LogP contribution in [0.5, 0.6) is 0 Å². The van der Waals surface area contributed by atoms with Gasteiger partial charge in [0.2, 0.25) is 5.78 Å². The number of hydrogen-bond acceptors (Lipinski definition) is 4. The van der Waals surface area contributed by atoms with Gasteiger partial charge >= 0.3 is 6.03 Å². The molecule has 0 radical (unpaired) electrons. The molecule has 1 fully saturated rings. The second-order valence-electron chi connectivity index (χ2n) is 6.94. The van der Waals surface area contributed by atoms with Crippen LogP contribution in [0.15, 0.2) is 36.8 Å². The highest BCUT2D eigenvalue weighted by atomic mass is 19.1. The summed E-state index contributed by atoms with van der Waals surface area (Å²) in [5.41, 5.74) is 2.18. The summed E-state index contributed by atoms with van der Waals surface area (Å²) in [6, 6.07) is 4.60. The molecule has 1 aliphatic rings. The van der Waals surface area contributed by atoms with Gasteiger partial charge in [-0.25, -0.2) is 19.2 Å². The molecule has 1 aliphatic heterocycles. The number of aromatic nitrogens is 3. The van der Waals surface area contributed by atoms with Crippen LogP contribution in [0, 0.1) is 5.82 Å².